The minimum atomic E-state index is -0.108. The Balaban J connectivity index is 1.46. The normalized spacial score (nSPS) is 21.7. The molecule has 0 fully saturated rings. The number of allylic oxidation sites excluding steroid dienone is 8. The maximum atomic E-state index is 7.15. The van der Waals surface area contributed by atoms with Crippen LogP contribution in [-0.2, 0) is 20.3 Å². The van der Waals surface area contributed by atoms with E-state index in [1.165, 1.54) is 52.2 Å². The standard InChI is InChI=1S/C39H48ClI2N2O2/c1-25(45-7)19-21-43-33-15-13-29(41)23-31(33)38(3,4)35(43)17-11-27-9-10-28(37(27)40)12-18-36-39(5,6)32-24-30(42)14-16-34(32)44(36)22-20-26(2)46-8/h11-18,23-26H,9-10,19-22H2,1-8H3/q+1. The van der Waals surface area contributed by atoms with Crippen LogP contribution in [0, 0.1) is 7.14 Å². The number of hydrogen-bond acceptors (Lipinski definition) is 3. The van der Waals surface area contributed by atoms with Gasteiger partial charge in [0.05, 0.1) is 17.6 Å². The van der Waals surface area contributed by atoms with Crippen molar-refractivity contribution in [2.45, 2.75) is 90.3 Å². The molecule has 3 aliphatic rings. The molecule has 0 radical (unpaired) electrons. The van der Waals surface area contributed by atoms with Gasteiger partial charge in [-0.2, -0.15) is 4.58 Å². The van der Waals surface area contributed by atoms with Gasteiger partial charge in [0.2, 0.25) is 5.69 Å². The van der Waals surface area contributed by atoms with Crippen LogP contribution >= 0.6 is 56.8 Å². The lowest BCUT2D eigenvalue weighted by molar-refractivity contribution is -0.440. The van der Waals surface area contributed by atoms with Crippen molar-refractivity contribution >= 4 is 73.9 Å². The number of benzene rings is 2. The zero-order valence-electron chi connectivity index (χ0n) is 28.5. The van der Waals surface area contributed by atoms with Crippen LogP contribution in [0.4, 0.5) is 11.4 Å². The van der Waals surface area contributed by atoms with Gasteiger partial charge >= 0.3 is 0 Å². The second-order valence-corrected chi connectivity index (χ2v) is 16.7. The third-order valence-electron chi connectivity index (χ3n) is 10.1. The lowest BCUT2D eigenvalue weighted by Gasteiger charge is -2.28. The maximum Gasteiger partial charge on any atom is 0.209 e. The number of nitrogens with zero attached hydrogens (tertiary/aromatic N) is 2. The topological polar surface area (TPSA) is 24.7 Å². The van der Waals surface area contributed by atoms with Crippen molar-refractivity contribution in [2.75, 3.05) is 32.2 Å². The number of hydrogen-bond donors (Lipinski definition) is 0. The molecule has 246 valence electrons. The van der Waals surface area contributed by atoms with Crippen LogP contribution in [0.2, 0.25) is 0 Å². The van der Waals surface area contributed by atoms with Crippen molar-refractivity contribution in [3.63, 3.8) is 0 Å². The number of rotatable bonds is 11. The first-order valence-corrected chi connectivity index (χ1v) is 18.9. The summed E-state index contributed by atoms with van der Waals surface area (Å²) in [6.07, 6.45) is 13.4. The summed E-state index contributed by atoms with van der Waals surface area (Å²) in [6, 6.07) is 13.6. The van der Waals surface area contributed by atoms with Crippen LogP contribution in [-0.4, -0.2) is 49.8 Å². The minimum Gasteiger partial charge on any atom is -0.382 e. The molecule has 2 aliphatic heterocycles. The van der Waals surface area contributed by atoms with Crippen LogP contribution in [0.5, 0.6) is 0 Å². The molecule has 1 aliphatic carbocycles. The van der Waals surface area contributed by atoms with Gasteiger partial charge in [-0.1, -0.05) is 37.6 Å². The number of fused-ring (bicyclic) bond motifs is 2. The summed E-state index contributed by atoms with van der Waals surface area (Å²) >= 11 is 12.0. The maximum absolute atomic E-state index is 7.15. The number of ether oxygens (including phenoxy) is 2. The van der Waals surface area contributed by atoms with E-state index in [0.717, 1.165) is 43.8 Å². The lowest BCUT2D eigenvalue weighted by Crippen LogP contribution is -2.28. The number of halogens is 3. The molecule has 0 saturated carbocycles. The van der Waals surface area contributed by atoms with Gasteiger partial charge in [-0.15, -0.1) is 0 Å². The molecule has 0 saturated heterocycles. The van der Waals surface area contributed by atoms with Crippen LogP contribution in [0.1, 0.15) is 78.4 Å². The van der Waals surface area contributed by atoms with Gasteiger partial charge in [0.25, 0.3) is 0 Å². The molecule has 0 bridgehead atoms. The highest BCUT2D eigenvalue weighted by atomic mass is 127. The summed E-state index contributed by atoms with van der Waals surface area (Å²) < 4.78 is 16.2. The quantitative estimate of drug-likeness (QED) is 0.166. The average Bonchev–Trinajstić information content (AvgIpc) is 3.55. The Bertz CT molecular complexity index is 1650. The van der Waals surface area contributed by atoms with Crippen molar-refractivity contribution in [1.29, 1.82) is 0 Å². The van der Waals surface area contributed by atoms with E-state index in [4.69, 9.17) is 21.1 Å². The van der Waals surface area contributed by atoms with E-state index in [2.05, 4.69) is 157 Å². The van der Waals surface area contributed by atoms with E-state index in [0.29, 0.717) is 0 Å². The molecule has 2 aromatic carbocycles. The van der Waals surface area contributed by atoms with Crippen LogP contribution in [0.15, 0.2) is 82.6 Å². The summed E-state index contributed by atoms with van der Waals surface area (Å²) in [6.45, 7) is 15.5. The van der Waals surface area contributed by atoms with Crippen molar-refractivity contribution in [3.8, 4) is 0 Å². The molecule has 4 nitrogen and oxygen atoms in total. The fraction of sp³-hybridized carbons (Fsp3) is 0.462. The molecule has 7 heteroatoms. The zero-order chi connectivity index (χ0) is 33.4. The molecular formula is C39H48ClI2N2O2+. The second-order valence-electron chi connectivity index (χ2n) is 13.8. The minimum absolute atomic E-state index is 0.108. The highest BCUT2D eigenvalue weighted by Gasteiger charge is 2.44. The van der Waals surface area contributed by atoms with E-state index in [9.17, 15) is 0 Å². The fourth-order valence-corrected chi connectivity index (χ4v) is 8.30. The van der Waals surface area contributed by atoms with E-state index in [1.807, 2.05) is 0 Å². The van der Waals surface area contributed by atoms with Gasteiger partial charge in [0.1, 0.15) is 0 Å². The van der Waals surface area contributed by atoms with Gasteiger partial charge in [-0.25, -0.2) is 0 Å². The Morgan fingerprint density at radius 2 is 1.52 bits per heavy atom. The Morgan fingerprint density at radius 3 is 2.22 bits per heavy atom. The second kappa shape index (κ2) is 14.6. The monoisotopic (exact) mass is 865 g/mol. The Morgan fingerprint density at radius 1 is 0.870 bits per heavy atom. The molecule has 2 unspecified atom stereocenters. The van der Waals surface area contributed by atoms with Crippen molar-refractivity contribution in [1.82, 2.24) is 0 Å². The first-order chi connectivity index (χ1) is 21.8. The predicted molar refractivity (Wildman–Crippen MR) is 211 cm³/mol. The summed E-state index contributed by atoms with van der Waals surface area (Å²) in [5.41, 5.74) is 10.2. The molecule has 2 heterocycles. The molecule has 0 spiro atoms. The first-order valence-electron chi connectivity index (χ1n) is 16.4. The summed E-state index contributed by atoms with van der Waals surface area (Å²) in [5.74, 6) is 0. The Kier molecular flexibility index (Phi) is 11.4. The van der Waals surface area contributed by atoms with E-state index in [1.54, 1.807) is 14.2 Å². The summed E-state index contributed by atoms with van der Waals surface area (Å²) in [7, 11) is 3.59. The molecule has 5 rings (SSSR count). The molecular weight excluding hydrogens is 818 g/mol. The van der Waals surface area contributed by atoms with Crippen molar-refractivity contribution in [3.05, 3.63) is 101 Å². The Hall–Kier alpha value is -1.46. The highest BCUT2D eigenvalue weighted by molar-refractivity contribution is 14.1. The van der Waals surface area contributed by atoms with Gasteiger partial charge in [0.15, 0.2) is 12.3 Å². The van der Waals surface area contributed by atoms with Gasteiger partial charge in [-0.3, -0.25) is 0 Å². The van der Waals surface area contributed by atoms with Gasteiger partial charge < -0.3 is 14.4 Å². The highest BCUT2D eigenvalue weighted by Crippen LogP contribution is 2.49. The van der Waals surface area contributed by atoms with E-state index in [-0.39, 0.29) is 23.0 Å². The smallest absolute Gasteiger partial charge is 0.209 e. The summed E-state index contributed by atoms with van der Waals surface area (Å²) in [4.78, 5) is 2.49. The summed E-state index contributed by atoms with van der Waals surface area (Å²) in [5, 5.41) is 0.888. The van der Waals surface area contributed by atoms with Crippen LogP contribution < -0.4 is 4.90 Å². The van der Waals surface area contributed by atoms with Gasteiger partial charge in [0, 0.05) is 73.9 Å². The SMILES string of the molecule is COC(C)CCN1/C(=C/C=C2\CCC(/C=C/C3=[N+](CCC(C)OC)c4ccc(I)cc4C3(C)C)=C2Cl)C(C)(C)c2cc(I)ccc21. The van der Waals surface area contributed by atoms with Crippen LogP contribution in [0.25, 0.3) is 0 Å². The molecule has 0 aromatic heterocycles. The molecule has 0 amide bonds. The average molecular weight is 866 g/mol. The number of anilines is 1. The lowest BCUT2D eigenvalue weighted by atomic mass is 9.81. The largest absolute Gasteiger partial charge is 0.382 e. The molecule has 46 heavy (non-hydrogen) atoms. The predicted octanol–water partition coefficient (Wildman–Crippen LogP) is 10.6. The van der Waals surface area contributed by atoms with Crippen LogP contribution in [0.3, 0.4) is 0 Å². The number of methoxy groups -OCH3 is 2. The Labute approximate surface area is 308 Å². The van der Waals surface area contributed by atoms with E-state index >= 15 is 0 Å². The van der Waals surface area contributed by atoms with E-state index < -0.39 is 0 Å². The third-order valence-corrected chi connectivity index (χ3v) is 12.0. The third kappa shape index (κ3) is 7.12. The fourth-order valence-electron chi connectivity index (χ4n) is 7.00. The molecule has 2 atom stereocenters. The zero-order valence-corrected chi connectivity index (χ0v) is 33.6. The molecule has 2 aromatic rings. The first kappa shape index (κ1) is 35.8. The van der Waals surface area contributed by atoms with Crippen molar-refractivity contribution in [2.24, 2.45) is 0 Å². The van der Waals surface area contributed by atoms with Crippen molar-refractivity contribution < 1.29 is 14.0 Å². The molecule has 0 N–H and O–H groups in total. The van der Waals surface area contributed by atoms with Gasteiger partial charge in [-0.05, 0) is 145 Å².